The van der Waals surface area contributed by atoms with E-state index >= 15 is 0 Å². The van der Waals surface area contributed by atoms with Crippen molar-refractivity contribution in [2.45, 2.75) is 18.7 Å². The fraction of sp³-hybridized carbons (Fsp3) is 0.500. The average molecular weight is 370 g/mol. The summed E-state index contributed by atoms with van der Waals surface area (Å²) in [6, 6.07) is 7.44. The Balaban J connectivity index is 0.00000180. The van der Waals surface area contributed by atoms with E-state index in [-0.39, 0.29) is 24.2 Å². The number of piperazine rings is 1. The molecule has 0 saturated carbocycles. The van der Waals surface area contributed by atoms with Crippen LogP contribution in [0, 0.1) is 0 Å². The minimum absolute atomic E-state index is 0. The zero-order valence-electron chi connectivity index (χ0n) is 10.7. The molecule has 0 amide bonds. The van der Waals surface area contributed by atoms with Crippen LogP contribution in [-0.4, -0.2) is 38.4 Å². The Morgan fingerprint density at radius 1 is 1.37 bits per heavy atom. The van der Waals surface area contributed by atoms with Crippen LogP contribution in [0.2, 0.25) is 0 Å². The van der Waals surface area contributed by atoms with Gasteiger partial charge in [-0.15, -0.1) is 12.4 Å². The van der Waals surface area contributed by atoms with Gasteiger partial charge in [-0.2, -0.15) is 4.31 Å². The highest BCUT2D eigenvalue weighted by molar-refractivity contribution is 9.10. The summed E-state index contributed by atoms with van der Waals surface area (Å²) in [5.41, 5.74) is 0.823. The number of rotatable bonds is 3. The quantitative estimate of drug-likeness (QED) is 0.886. The van der Waals surface area contributed by atoms with Gasteiger partial charge in [0, 0.05) is 30.1 Å². The van der Waals surface area contributed by atoms with E-state index in [9.17, 15) is 8.42 Å². The predicted molar refractivity (Wildman–Crippen MR) is 83.1 cm³/mol. The fourth-order valence-electron chi connectivity index (χ4n) is 2.11. The van der Waals surface area contributed by atoms with Crippen molar-refractivity contribution in [1.82, 2.24) is 9.62 Å². The van der Waals surface area contributed by atoms with Crippen LogP contribution in [0.1, 0.15) is 12.5 Å². The largest absolute Gasteiger partial charge is 0.314 e. The Bertz CT molecular complexity index is 507. The van der Waals surface area contributed by atoms with Gasteiger partial charge in [0.25, 0.3) is 0 Å². The summed E-state index contributed by atoms with van der Waals surface area (Å²) in [6.45, 7) is 3.94. The van der Waals surface area contributed by atoms with E-state index in [2.05, 4.69) is 21.2 Å². The second kappa shape index (κ2) is 7.04. The number of benzene rings is 1. The van der Waals surface area contributed by atoms with Crippen LogP contribution in [0.25, 0.3) is 0 Å². The van der Waals surface area contributed by atoms with E-state index < -0.39 is 10.0 Å². The first-order valence-corrected chi connectivity index (χ1v) is 8.34. The summed E-state index contributed by atoms with van der Waals surface area (Å²) < 4.78 is 27.2. The topological polar surface area (TPSA) is 49.4 Å². The first kappa shape index (κ1) is 16.9. The first-order chi connectivity index (χ1) is 8.49. The molecule has 1 aromatic rings. The standard InChI is InChI=1S/C12H17BrN2O2S.ClH/c1-10-8-14-6-7-15(10)18(16,17)9-11-2-4-12(13)5-3-11;/h2-5,10,14H,6-9H2,1H3;1H. The lowest BCUT2D eigenvalue weighted by Crippen LogP contribution is -2.52. The minimum atomic E-state index is -3.22. The molecule has 7 heteroatoms. The molecule has 0 radical (unpaired) electrons. The van der Waals surface area contributed by atoms with E-state index in [4.69, 9.17) is 0 Å². The number of nitrogens with one attached hydrogen (secondary N) is 1. The van der Waals surface area contributed by atoms with E-state index in [0.717, 1.165) is 23.1 Å². The third-order valence-corrected chi connectivity index (χ3v) is 5.54. The summed E-state index contributed by atoms with van der Waals surface area (Å²) in [6.07, 6.45) is 0. The summed E-state index contributed by atoms with van der Waals surface area (Å²) in [7, 11) is -3.22. The maximum Gasteiger partial charge on any atom is 0.218 e. The van der Waals surface area contributed by atoms with Gasteiger partial charge in [0.2, 0.25) is 10.0 Å². The Morgan fingerprint density at radius 3 is 2.58 bits per heavy atom. The molecule has 1 aromatic carbocycles. The number of nitrogens with zero attached hydrogens (tertiary/aromatic N) is 1. The van der Waals surface area contributed by atoms with Gasteiger partial charge < -0.3 is 5.32 Å². The summed E-state index contributed by atoms with van der Waals surface area (Å²) in [5.74, 6) is 0.0740. The van der Waals surface area contributed by atoms with Crippen molar-refractivity contribution in [2.24, 2.45) is 0 Å². The summed E-state index contributed by atoms with van der Waals surface area (Å²) in [4.78, 5) is 0. The molecule has 2 rings (SSSR count). The molecule has 108 valence electrons. The molecule has 19 heavy (non-hydrogen) atoms. The van der Waals surface area contributed by atoms with Crippen LogP contribution in [0.5, 0.6) is 0 Å². The molecule has 1 heterocycles. The van der Waals surface area contributed by atoms with Gasteiger partial charge in [0.1, 0.15) is 0 Å². The number of sulfonamides is 1. The molecule has 1 saturated heterocycles. The Hall–Kier alpha value is -0.140. The number of halogens is 2. The lowest BCUT2D eigenvalue weighted by atomic mass is 10.2. The van der Waals surface area contributed by atoms with Crippen molar-refractivity contribution in [3.8, 4) is 0 Å². The maximum absolute atomic E-state index is 12.3. The molecular formula is C12H18BrClN2O2S. The molecule has 0 spiro atoms. The highest BCUT2D eigenvalue weighted by Crippen LogP contribution is 2.17. The molecule has 0 bridgehead atoms. The molecule has 4 nitrogen and oxygen atoms in total. The van der Waals surface area contributed by atoms with Gasteiger partial charge in [-0.3, -0.25) is 0 Å². The average Bonchev–Trinajstić information content (AvgIpc) is 2.32. The van der Waals surface area contributed by atoms with Gasteiger partial charge in [-0.1, -0.05) is 28.1 Å². The first-order valence-electron chi connectivity index (χ1n) is 5.94. The summed E-state index contributed by atoms with van der Waals surface area (Å²) >= 11 is 3.34. The molecular weight excluding hydrogens is 352 g/mol. The number of hydrogen-bond acceptors (Lipinski definition) is 3. The van der Waals surface area contributed by atoms with E-state index in [1.165, 1.54) is 0 Å². The Morgan fingerprint density at radius 2 is 2.00 bits per heavy atom. The van der Waals surface area contributed by atoms with Crippen molar-refractivity contribution in [2.75, 3.05) is 19.6 Å². The molecule has 1 atom stereocenters. The number of hydrogen-bond donors (Lipinski definition) is 1. The van der Waals surface area contributed by atoms with Gasteiger partial charge in [-0.05, 0) is 24.6 Å². The van der Waals surface area contributed by atoms with Crippen LogP contribution in [0.3, 0.4) is 0 Å². The van der Waals surface area contributed by atoms with E-state index in [1.54, 1.807) is 4.31 Å². The molecule has 0 aromatic heterocycles. The molecule has 1 N–H and O–H groups in total. The van der Waals surface area contributed by atoms with Crippen molar-refractivity contribution >= 4 is 38.4 Å². The lowest BCUT2D eigenvalue weighted by molar-refractivity contribution is 0.283. The molecule has 0 aliphatic carbocycles. The highest BCUT2D eigenvalue weighted by atomic mass is 79.9. The SMILES string of the molecule is CC1CNCCN1S(=O)(=O)Cc1ccc(Br)cc1.Cl. The third kappa shape index (κ3) is 4.43. The third-order valence-electron chi connectivity index (χ3n) is 3.06. The lowest BCUT2D eigenvalue weighted by Gasteiger charge is -2.32. The van der Waals surface area contributed by atoms with Crippen molar-refractivity contribution in [3.63, 3.8) is 0 Å². The second-order valence-corrected chi connectivity index (χ2v) is 7.38. The highest BCUT2D eigenvalue weighted by Gasteiger charge is 2.29. The van der Waals surface area contributed by atoms with E-state index in [0.29, 0.717) is 6.54 Å². The predicted octanol–water partition coefficient (Wildman–Crippen LogP) is 1.99. The van der Waals surface area contributed by atoms with Crippen molar-refractivity contribution in [3.05, 3.63) is 34.3 Å². The van der Waals surface area contributed by atoms with Crippen molar-refractivity contribution < 1.29 is 8.42 Å². The van der Waals surface area contributed by atoms with Crippen LogP contribution < -0.4 is 5.32 Å². The molecule has 1 fully saturated rings. The van der Waals surface area contributed by atoms with Crippen LogP contribution in [0.15, 0.2) is 28.7 Å². The molecule has 1 aliphatic rings. The fourth-order valence-corrected chi connectivity index (χ4v) is 4.15. The summed E-state index contributed by atoms with van der Waals surface area (Å²) in [5, 5.41) is 3.20. The van der Waals surface area contributed by atoms with Crippen molar-refractivity contribution in [1.29, 1.82) is 0 Å². The maximum atomic E-state index is 12.3. The zero-order chi connectivity index (χ0) is 13.2. The van der Waals surface area contributed by atoms with Gasteiger partial charge in [-0.25, -0.2) is 8.42 Å². The normalized spacial score (nSPS) is 20.8. The zero-order valence-corrected chi connectivity index (χ0v) is 13.9. The Kier molecular flexibility index (Phi) is 6.26. The van der Waals surface area contributed by atoms with E-state index in [1.807, 2.05) is 31.2 Å². The molecule has 1 unspecified atom stereocenters. The van der Waals surface area contributed by atoms with Crippen LogP contribution >= 0.6 is 28.3 Å². The molecule has 1 aliphatic heterocycles. The van der Waals surface area contributed by atoms with Crippen LogP contribution in [-0.2, 0) is 15.8 Å². The monoisotopic (exact) mass is 368 g/mol. The van der Waals surface area contributed by atoms with Gasteiger partial charge >= 0.3 is 0 Å². The van der Waals surface area contributed by atoms with Gasteiger partial charge in [0.15, 0.2) is 0 Å². The minimum Gasteiger partial charge on any atom is -0.314 e. The van der Waals surface area contributed by atoms with Crippen LogP contribution in [0.4, 0.5) is 0 Å². The van der Waals surface area contributed by atoms with Gasteiger partial charge in [0.05, 0.1) is 5.75 Å². The Labute approximate surface area is 129 Å². The second-order valence-electron chi connectivity index (χ2n) is 4.55. The smallest absolute Gasteiger partial charge is 0.218 e.